The van der Waals surface area contributed by atoms with Crippen LogP contribution in [-0.4, -0.2) is 16.1 Å². The van der Waals surface area contributed by atoms with Crippen molar-refractivity contribution in [3.8, 4) is 0 Å². The van der Waals surface area contributed by atoms with Crippen LogP contribution >= 0.6 is 11.3 Å². The molecule has 0 bridgehead atoms. The number of aryl methyl sites for hydroxylation is 2. The third kappa shape index (κ3) is 3.17. The molecule has 0 unspecified atom stereocenters. The lowest BCUT2D eigenvalue weighted by Gasteiger charge is -2.07. The Hall–Kier alpha value is -1.13. The van der Waals surface area contributed by atoms with Gasteiger partial charge in [-0.1, -0.05) is 6.92 Å². The topological polar surface area (TPSA) is 29.9 Å². The molecule has 0 atom stereocenters. The highest BCUT2D eigenvalue weighted by atomic mass is 32.1. The first-order valence-corrected chi connectivity index (χ1v) is 6.93. The first-order valence-electron chi connectivity index (χ1n) is 6.05. The zero-order valence-corrected chi connectivity index (χ0v) is 11.3. The van der Waals surface area contributed by atoms with Crippen LogP contribution in [0.2, 0.25) is 0 Å². The van der Waals surface area contributed by atoms with Gasteiger partial charge in [-0.15, -0.1) is 11.3 Å². The predicted molar refractivity (Wildman–Crippen MR) is 72.4 cm³/mol. The summed E-state index contributed by atoms with van der Waals surface area (Å²) in [7, 11) is 0. The maximum absolute atomic E-state index is 4.31. The Morgan fingerprint density at radius 3 is 3.06 bits per heavy atom. The third-order valence-electron chi connectivity index (χ3n) is 2.90. The van der Waals surface area contributed by atoms with E-state index in [-0.39, 0.29) is 0 Å². The minimum Gasteiger partial charge on any atom is -0.334 e. The monoisotopic (exact) mass is 249 g/mol. The van der Waals surface area contributed by atoms with Crippen LogP contribution in [0.15, 0.2) is 23.8 Å². The summed E-state index contributed by atoms with van der Waals surface area (Å²) in [6, 6.07) is 2.17. The number of hydrogen-bond donors (Lipinski definition) is 1. The summed E-state index contributed by atoms with van der Waals surface area (Å²) in [5.41, 5.74) is 1.39. The summed E-state index contributed by atoms with van der Waals surface area (Å²) in [5.74, 6) is 1.17. The second kappa shape index (κ2) is 5.98. The van der Waals surface area contributed by atoms with E-state index in [4.69, 9.17) is 0 Å². The molecule has 0 aliphatic rings. The van der Waals surface area contributed by atoms with E-state index in [1.807, 2.05) is 17.5 Å². The highest BCUT2D eigenvalue weighted by molar-refractivity contribution is 7.10. The lowest BCUT2D eigenvalue weighted by atomic mass is 10.3. The lowest BCUT2D eigenvalue weighted by Crippen LogP contribution is -2.20. The van der Waals surface area contributed by atoms with Crippen molar-refractivity contribution < 1.29 is 0 Å². The molecule has 0 fully saturated rings. The molecular weight excluding hydrogens is 230 g/mol. The minimum atomic E-state index is 0.972. The SMILES string of the molecule is CCc1nccn1CCNCc1sccc1C. The van der Waals surface area contributed by atoms with Gasteiger partial charge in [0.2, 0.25) is 0 Å². The van der Waals surface area contributed by atoms with Crippen molar-refractivity contribution in [3.63, 3.8) is 0 Å². The second-order valence-electron chi connectivity index (χ2n) is 4.09. The van der Waals surface area contributed by atoms with E-state index in [1.165, 1.54) is 16.3 Å². The van der Waals surface area contributed by atoms with Crippen molar-refractivity contribution in [1.29, 1.82) is 0 Å². The number of aromatic nitrogens is 2. The molecule has 17 heavy (non-hydrogen) atoms. The van der Waals surface area contributed by atoms with Gasteiger partial charge in [0.15, 0.2) is 0 Å². The lowest BCUT2D eigenvalue weighted by molar-refractivity contribution is 0.582. The Kier molecular flexibility index (Phi) is 4.34. The van der Waals surface area contributed by atoms with Crippen LogP contribution in [-0.2, 0) is 19.5 Å². The first-order chi connectivity index (χ1) is 8.31. The number of rotatable bonds is 6. The van der Waals surface area contributed by atoms with E-state index in [9.17, 15) is 0 Å². The highest BCUT2D eigenvalue weighted by Crippen LogP contribution is 2.14. The molecule has 0 spiro atoms. The van der Waals surface area contributed by atoms with E-state index < -0.39 is 0 Å². The summed E-state index contributed by atoms with van der Waals surface area (Å²) in [5, 5.41) is 5.63. The fourth-order valence-electron chi connectivity index (χ4n) is 1.84. The summed E-state index contributed by atoms with van der Waals surface area (Å²) in [6.07, 6.45) is 4.93. The van der Waals surface area contributed by atoms with Crippen LogP contribution in [0.5, 0.6) is 0 Å². The fraction of sp³-hybridized carbons (Fsp3) is 0.462. The first kappa shape index (κ1) is 12.3. The number of thiophene rings is 1. The zero-order chi connectivity index (χ0) is 12.1. The van der Waals surface area contributed by atoms with E-state index in [0.29, 0.717) is 0 Å². The normalized spacial score (nSPS) is 10.9. The van der Waals surface area contributed by atoms with Crippen LogP contribution in [0.4, 0.5) is 0 Å². The molecule has 0 aromatic carbocycles. The maximum atomic E-state index is 4.31. The second-order valence-corrected chi connectivity index (χ2v) is 5.09. The van der Waals surface area contributed by atoms with Crippen molar-refractivity contribution in [2.75, 3.05) is 6.54 Å². The third-order valence-corrected chi connectivity index (χ3v) is 3.92. The molecule has 0 saturated heterocycles. The number of imidazole rings is 1. The van der Waals surface area contributed by atoms with Crippen molar-refractivity contribution in [2.24, 2.45) is 0 Å². The smallest absolute Gasteiger partial charge is 0.108 e. The molecule has 92 valence electrons. The maximum Gasteiger partial charge on any atom is 0.108 e. The van der Waals surface area contributed by atoms with E-state index in [2.05, 4.69) is 46.4 Å². The van der Waals surface area contributed by atoms with Gasteiger partial charge in [0.05, 0.1) is 0 Å². The molecule has 0 aliphatic heterocycles. The molecule has 0 saturated carbocycles. The van der Waals surface area contributed by atoms with Gasteiger partial charge in [-0.2, -0.15) is 0 Å². The van der Waals surface area contributed by atoms with E-state index in [1.54, 1.807) is 0 Å². The quantitative estimate of drug-likeness (QED) is 0.798. The molecule has 2 aromatic rings. The standard InChI is InChI=1S/C13H19N3S/c1-3-13-15-6-8-16(13)7-5-14-10-12-11(2)4-9-17-12/h4,6,8-9,14H,3,5,7,10H2,1-2H3. The largest absolute Gasteiger partial charge is 0.334 e. The summed E-state index contributed by atoms with van der Waals surface area (Å²) in [4.78, 5) is 5.75. The van der Waals surface area contributed by atoms with Crippen LogP contribution in [0, 0.1) is 6.92 Å². The summed E-state index contributed by atoms with van der Waals surface area (Å²) in [6.45, 7) is 7.26. The van der Waals surface area contributed by atoms with Gasteiger partial charge in [0.1, 0.15) is 5.82 Å². The van der Waals surface area contributed by atoms with Crippen LogP contribution in [0.25, 0.3) is 0 Å². The Labute approximate surface area is 107 Å². The average molecular weight is 249 g/mol. The minimum absolute atomic E-state index is 0.972. The molecule has 4 heteroatoms. The Morgan fingerprint density at radius 1 is 1.47 bits per heavy atom. The van der Waals surface area contributed by atoms with Crippen molar-refractivity contribution in [1.82, 2.24) is 14.9 Å². The van der Waals surface area contributed by atoms with Gasteiger partial charge in [-0.05, 0) is 23.9 Å². The summed E-state index contributed by atoms with van der Waals surface area (Å²) < 4.78 is 2.22. The van der Waals surface area contributed by atoms with Gasteiger partial charge in [-0.25, -0.2) is 4.98 Å². The van der Waals surface area contributed by atoms with Gasteiger partial charge in [0, 0.05) is 43.3 Å². The summed E-state index contributed by atoms with van der Waals surface area (Å²) >= 11 is 1.82. The van der Waals surface area contributed by atoms with Crippen molar-refractivity contribution in [3.05, 3.63) is 40.1 Å². The zero-order valence-electron chi connectivity index (χ0n) is 10.4. The molecule has 2 aromatic heterocycles. The predicted octanol–water partition coefficient (Wildman–Crippen LogP) is 2.61. The number of nitrogens with zero attached hydrogens (tertiary/aromatic N) is 2. The highest BCUT2D eigenvalue weighted by Gasteiger charge is 2.01. The molecular formula is C13H19N3S. The molecule has 0 amide bonds. The van der Waals surface area contributed by atoms with Gasteiger partial charge >= 0.3 is 0 Å². The van der Waals surface area contributed by atoms with Crippen LogP contribution < -0.4 is 5.32 Å². The van der Waals surface area contributed by atoms with E-state index >= 15 is 0 Å². The molecule has 0 radical (unpaired) electrons. The van der Waals surface area contributed by atoms with Crippen molar-refractivity contribution >= 4 is 11.3 Å². The molecule has 1 N–H and O–H groups in total. The fourth-order valence-corrected chi connectivity index (χ4v) is 2.72. The van der Waals surface area contributed by atoms with Gasteiger partial charge in [-0.3, -0.25) is 0 Å². The Morgan fingerprint density at radius 2 is 2.35 bits per heavy atom. The number of hydrogen-bond acceptors (Lipinski definition) is 3. The molecule has 0 aliphatic carbocycles. The van der Waals surface area contributed by atoms with Gasteiger partial charge in [0.25, 0.3) is 0 Å². The Balaban J connectivity index is 1.75. The van der Waals surface area contributed by atoms with Gasteiger partial charge < -0.3 is 9.88 Å². The molecule has 3 nitrogen and oxygen atoms in total. The van der Waals surface area contributed by atoms with Crippen molar-refractivity contribution in [2.45, 2.75) is 33.4 Å². The van der Waals surface area contributed by atoms with Crippen LogP contribution in [0.1, 0.15) is 23.2 Å². The molecule has 2 rings (SSSR count). The molecule has 2 heterocycles. The number of nitrogens with one attached hydrogen (secondary N) is 1. The average Bonchev–Trinajstić information content (AvgIpc) is 2.93. The van der Waals surface area contributed by atoms with Crippen LogP contribution in [0.3, 0.4) is 0 Å². The Bertz CT molecular complexity index is 459. The van der Waals surface area contributed by atoms with E-state index in [0.717, 1.165) is 26.1 Å².